The molecule has 74 valence electrons. The topological polar surface area (TPSA) is 16.1 Å². The van der Waals surface area contributed by atoms with Crippen LogP contribution in [0.2, 0.25) is 0 Å². The Balaban J connectivity index is 2.49. The molecule has 0 spiro atoms. The second-order valence-electron chi connectivity index (χ2n) is 3.87. The summed E-state index contributed by atoms with van der Waals surface area (Å²) in [6.45, 7) is 5.46. The average molecular weight is 198 g/mol. The van der Waals surface area contributed by atoms with Crippen molar-refractivity contribution in [1.29, 1.82) is 0 Å². The predicted molar refractivity (Wildman–Crippen MR) is 58.5 cm³/mol. The molecule has 0 unspecified atom stereocenters. The van der Waals surface area contributed by atoms with Gasteiger partial charge in [-0.05, 0) is 20.0 Å². The Bertz CT molecular complexity index is 253. The number of aromatic nitrogens is 1. The first-order chi connectivity index (χ1) is 6.09. The van der Waals surface area contributed by atoms with Gasteiger partial charge in [0.25, 0.3) is 0 Å². The van der Waals surface area contributed by atoms with Crippen LogP contribution < -0.4 is 0 Å². The minimum Gasteiger partial charge on any atom is -0.309 e. The van der Waals surface area contributed by atoms with Gasteiger partial charge in [0, 0.05) is 18.3 Å². The van der Waals surface area contributed by atoms with Crippen LogP contribution in [0.3, 0.4) is 0 Å². The van der Waals surface area contributed by atoms with Gasteiger partial charge in [-0.15, -0.1) is 11.3 Å². The molecule has 0 amide bonds. The first-order valence-corrected chi connectivity index (χ1v) is 5.56. The molecule has 0 aromatic carbocycles. The molecule has 1 rings (SSSR count). The zero-order chi connectivity index (χ0) is 9.84. The highest BCUT2D eigenvalue weighted by molar-refractivity contribution is 7.09. The maximum Gasteiger partial charge on any atom is 0.0941 e. The molecule has 1 aromatic rings. The van der Waals surface area contributed by atoms with E-state index in [-0.39, 0.29) is 0 Å². The Morgan fingerprint density at radius 3 is 2.62 bits per heavy atom. The van der Waals surface area contributed by atoms with Gasteiger partial charge in [-0.1, -0.05) is 13.8 Å². The van der Waals surface area contributed by atoms with Gasteiger partial charge >= 0.3 is 0 Å². The third-order valence-corrected chi connectivity index (χ3v) is 2.86. The number of likely N-dealkylation sites (N-methyl/N-ethyl adjacent to an activating group) is 1. The summed E-state index contributed by atoms with van der Waals surface area (Å²) in [6.07, 6.45) is 1.07. The van der Waals surface area contributed by atoms with E-state index >= 15 is 0 Å². The van der Waals surface area contributed by atoms with Crippen LogP contribution in [0.5, 0.6) is 0 Å². The smallest absolute Gasteiger partial charge is 0.0941 e. The first-order valence-electron chi connectivity index (χ1n) is 4.68. The third kappa shape index (κ3) is 3.44. The summed E-state index contributed by atoms with van der Waals surface area (Å²) in [7, 11) is 4.19. The summed E-state index contributed by atoms with van der Waals surface area (Å²) in [5.41, 5.74) is 1.23. The van der Waals surface area contributed by atoms with Crippen molar-refractivity contribution in [2.45, 2.75) is 26.2 Å². The number of hydrogen-bond acceptors (Lipinski definition) is 3. The first kappa shape index (κ1) is 10.7. The molecule has 0 fully saturated rings. The number of rotatable bonds is 4. The monoisotopic (exact) mass is 198 g/mol. The van der Waals surface area contributed by atoms with Crippen molar-refractivity contribution in [2.24, 2.45) is 0 Å². The lowest BCUT2D eigenvalue weighted by molar-refractivity contribution is 0.413. The number of thiazole rings is 1. The molecule has 0 bridgehead atoms. The van der Waals surface area contributed by atoms with Crippen molar-refractivity contribution >= 4 is 11.3 Å². The summed E-state index contributed by atoms with van der Waals surface area (Å²) >= 11 is 1.78. The fourth-order valence-electron chi connectivity index (χ4n) is 1.02. The van der Waals surface area contributed by atoms with Gasteiger partial charge in [-0.2, -0.15) is 0 Å². The molecule has 0 aliphatic heterocycles. The Labute approximate surface area is 84.6 Å². The van der Waals surface area contributed by atoms with Crippen LogP contribution in [0.4, 0.5) is 0 Å². The van der Waals surface area contributed by atoms with Crippen LogP contribution in [-0.4, -0.2) is 30.5 Å². The molecule has 0 aliphatic rings. The van der Waals surface area contributed by atoms with Gasteiger partial charge in [0.1, 0.15) is 0 Å². The SMILES string of the molecule is CC(C)c1csc(CCN(C)C)n1. The zero-order valence-corrected chi connectivity index (χ0v) is 9.69. The summed E-state index contributed by atoms with van der Waals surface area (Å²) < 4.78 is 0. The normalized spacial score (nSPS) is 11.5. The second-order valence-corrected chi connectivity index (χ2v) is 4.82. The van der Waals surface area contributed by atoms with E-state index in [4.69, 9.17) is 0 Å². The van der Waals surface area contributed by atoms with E-state index in [1.807, 2.05) is 0 Å². The highest BCUT2D eigenvalue weighted by atomic mass is 32.1. The molecule has 13 heavy (non-hydrogen) atoms. The summed E-state index contributed by atoms with van der Waals surface area (Å²) in [6, 6.07) is 0. The molecule has 0 aliphatic carbocycles. The quantitative estimate of drug-likeness (QED) is 0.738. The Morgan fingerprint density at radius 1 is 1.46 bits per heavy atom. The molecule has 0 saturated heterocycles. The number of nitrogens with zero attached hydrogens (tertiary/aromatic N) is 2. The zero-order valence-electron chi connectivity index (χ0n) is 8.87. The highest BCUT2D eigenvalue weighted by Crippen LogP contribution is 2.17. The Morgan fingerprint density at radius 2 is 2.15 bits per heavy atom. The minimum atomic E-state index is 0.560. The van der Waals surface area contributed by atoms with E-state index in [1.54, 1.807) is 11.3 Å². The highest BCUT2D eigenvalue weighted by Gasteiger charge is 2.05. The van der Waals surface area contributed by atoms with Crippen molar-refractivity contribution in [2.75, 3.05) is 20.6 Å². The predicted octanol–water partition coefficient (Wildman–Crippen LogP) is 2.37. The van der Waals surface area contributed by atoms with Crippen molar-refractivity contribution < 1.29 is 0 Å². The standard InChI is InChI=1S/C10H18N2S/c1-8(2)9-7-13-10(11-9)5-6-12(3)4/h7-8H,5-6H2,1-4H3. The van der Waals surface area contributed by atoms with Crippen LogP contribution >= 0.6 is 11.3 Å². The van der Waals surface area contributed by atoms with Gasteiger partial charge in [0.15, 0.2) is 0 Å². The minimum absolute atomic E-state index is 0.560. The largest absolute Gasteiger partial charge is 0.309 e. The van der Waals surface area contributed by atoms with Crippen LogP contribution in [0, 0.1) is 0 Å². The summed E-state index contributed by atoms with van der Waals surface area (Å²) in [5, 5.41) is 3.44. The lowest BCUT2D eigenvalue weighted by Gasteiger charge is -2.06. The van der Waals surface area contributed by atoms with Crippen molar-refractivity contribution in [3.63, 3.8) is 0 Å². The van der Waals surface area contributed by atoms with Gasteiger partial charge in [-0.3, -0.25) is 0 Å². The lowest BCUT2D eigenvalue weighted by atomic mass is 10.2. The maximum absolute atomic E-state index is 4.57. The van der Waals surface area contributed by atoms with E-state index in [1.165, 1.54) is 10.7 Å². The Hall–Kier alpha value is -0.410. The fourth-order valence-corrected chi connectivity index (χ4v) is 1.97. The van der Waals surface area contributed by atoms with Gasteiger partial charge < -0.3 is 4.90 Å². The van der Waals surface area contributed by atoms with Crippen molar-refractivity contribution in [3.8, 4) is 0 Å². The lowest BCUT2D eigenvalue weighted by Crippen LogP contribution is -2.14. The maximum atomic E-state index is 4.57. The van der Waals surface area contributed by atoms with Crippen LogP contribution in [-0.2, 0) is 6.42 Å². The van der Waals surface area contributed by atoms with Gasteiger partial charge in [0.05, 0.1) is 10.7 Å². The van der Waals surface area contributed by atoms with E-state index in [2.05, 4.69) is 43.2 Å². The van der Waals surface area contributed by atoms with E-state index < -0.39 is 0 Å². The molecule has 1 aromatic heterocycles. The molecular weight excluding hydrogens is 180 g/mol. The van der Waals surface area contributed by atoms with E-state index in [0.717, 1.165) is 13.0 Å². The second kappa shape index (κ2) is 4.72. The molecule has 1 heterocycles. The number of hydrogen-bond donors (Lipinski definition) is 0. The fraction of sp³-hybridized carbons (Fsp3) is 0.700. The van der Waals surface area contributed by atoms with Crippen molar-refractivity contribution in [3.05, 3.63) is 16.1 Å². The average Bonchev–Trinajstić information content (AvgIpc) is 2.48. The van der Waals surface area contributed by atoms with E-state index in [0.29, 0.717) is 5.92 Å². The third-order valence-electron chi connectivity index (χ3n) is 1.93. The van der Waals surface area contributed by atoms with Gasteiger partial charge in [0.2, 0.25) is 0 Å². The Kier molecular flexibility index (Phi) is 3.88. The molecule has 3 heteroatoms. The van der Waals surface area contributed by atoms with Crippen LogP contribution in [0.15, 0.2) is 5.38 Å². The molecular formula is C10H18N2S. The molecule has 0 N–H and O–H groups in total. The van der Waals surface area contributed by atoms with Gasteiger partial charge in [-0.25, -0.2) is 4.98 Å². The van der Waals surface area contributed by atoms with Crippen LogP contribution in [0.25, 0.3) is 0 Å². The van der Waals surface area contributed by atoms with Crippen molar-refractivity contribution in [1.82, 2.24) is 9.88 Å². The van der Waals surface area contributed by atoms with E-state index in [9.17, 15) is 0 Å². The van der Waals surface area contributed by atoms with Crippen LogP contribution in [0.1, 0.15) is 30.5 Å². The molecule has 0 saturated carbocycles. The summed E-state index contributed by atoms with van der Waals surface area (Å²) in [4.78, 5) is 6.76. The summed E-state index contributed by atoms with van der Waals surface area (Å²) in [5.74, 6) is 0.560. The molecule has 0 atom stereocenters. The molecule has 2 nitrogen and oxygen atoms in total. The molecule has 0 radical (unpaired) electrons.